The third-order valence-electron chi connectivity index (χ3n) is 3.83. The Kier molecular flexibility index (Phi) is 3.73. The quantitative estimate of drug-likeness (QED) is 0.800. The van der Waals surface area contributed by atoms with E-state index in [1.54, 1.807) is 4.57 Å². The number of nitrogens with zero attached hydrogens (tertiary/aromatic N) is 3. The highest BCUT2D eigenvalue weighted by Crippen LogP contribution is 2.27. The van der Waals surface area contributed by atoms with Crippen LogP contribution in [0.15, 0.2) is 34.9 Å². The molecule has 0 aliphatic rings. The molecule has 0 aliphatic heterocycles. The average molecular weight is 311 g/mol. The van der Waals surface area contributed by atoms with E-state index in [-0.39, 0.29) is 6.54 Å². The van der Waals surface area contributed by atoms with E-state index < -0.39 is 5.97 Å². The minimum Gasteiger partial charge on any atom is -0.480 e. The summed E-state index contributed by atoms with van der Waals surface area (Å²) in [4.78, 5) is 15.4. The third kappa shape index (κ3) is 2.88. The molecule has 23 heavy (non-hydrogen) atoms. The summed E-state index contributed by atoms with van der Waals surface area (Å²) in [5, 5.41) is 13.0. The third-order valence-corrected chi connectivity index (χ3v) is 3.83. The number of aliphatic carboxylic acids is 1. The van der Waals surface area contributed by atoms with Gasteiger partial charge in [-0.05, 0) is 26.8 Å². The van der Waals surface area contributed by atoms with E-state index in [0.717, 1.165) is 28.1 Å². The first-order valence-electron chi connectivity index (χ1n) is 7.25. The zero-order chi connectivity index (χ0) is 16.6. The maximum absolute atomic E-state index is 11.0. The smallest absolute Gasteiger partial charge is 0.323 e. The Morgan fingerprint density at radius 3 is 2.57 bits per heavy atom. The first-order chi connectivity index (χ1) is 11.0. The van der Waals surface area contributed by atoms with Crippen molar-refractivity contribution in [2.24, 2.45) is 0 Å². The van der Waals surface area contributed by atoms with Gasteiger partial charge in [-0.3, -0.25) is 4.79 Å². The van der Waals surface area contributed by atoms with Crippen LogP contribution in [0.3, 0.4) is 0 Å². The Morgan fingerprint density at radius 2 is 1.91 bits per heavy atom. The van der Waals surface area contributed by atoms with Gasteiger partial charge in [0.1, 0.15) is 6.54 Å². The van der Waals surface area contributed by atoms with Gasteiger partial charge in [-0.1, -0.05) is 35.0 Å². The van der Waals surface area contributed by atoms with Gasteiger partial charge in [0.15, 0.2) is 0 Å². The highest BCUT2D eigenvalue weighted by atomic mass is 16.5. The van der Waals surface area contributed by atoms with Crippen LogP contribution in [0, 0.1) is 20.8 Å². The number of carboxylic acids is 1. The van der Waals surface area contributed by atoms with Gasteiger partial charge >= 0.3 is 5.97 Å². The largest absolute Gasteiger partial charge is 0.480 e. The van der Waals surface area contributed by atoms with E-state index in [0.29, 0.717) is 11.7 Å². The molecule has 0 aliphatic carbocycles. The van der Waals surface area contributed by atoms with Gasteiger partial charge in [-0.2, -0.15) is 4.98 Å². The van der Waals surface area contributed by atoms with Crippen LogP contribution in [-0.2, 0) is 11.3 Å². The molecule has 0 radical (unpaired) electrons. The SMILES string of the molecule is Cc1ccc(-c2noc(-c3cc(C)n(CC(=O)O)c3C)n2)cc1. The van der Waals surface area contributed by atoms with E-state index >= 15 is 0 Å². The number of hydrogen-bond acceptors (Lipinski definition) is 4. The van der Waals surface area contributed by atoms with Crippen molar-refractivity contribution < 1.29 is 14.4 Å². The Hall–Kier alpha value is -2.89. The molecule has 3 rings (SSSR count). The van der Waals surface area contributed by atoms with Crippen molar-refractivity contribution >= 4 is 5.97 Å². The summed E-state index contributed by atoms with van der Waals surface area (Å²) in [6.45, 7) is 5.64. The highest BCUT2D eigenvalue weighted by Gasteiger charge is 2.18. The molecule has 0 saturated carbocycles. The van der Waals surface area contributed by atoms with E-state index in [9.17, 15) is 4.79 Å². The predicted molar refractivity (Wildman–Crippen MR) is 85.0 cm³/mol. The van der Waals surface area contributed by atoms with Crippen LogP contribution >= 0.6 is 0 Å². The fraction of sp³-hybridized carbons (Fsp3) is 0.235. The summed E-state index contributed by atoms with van der Waals surface area (Å²) >= 11 is 0. The first kappa shape index (κ1) is 15.0. The lowest BCUT2D eigenvalue weighted by molar-refractivity contribution is -0.137. The fourth-order valence-corrected chi connectivity index (χ4v) is 2.55. The van der Waals surface area contributed by atoms with Gasteiger partial charge in [0.25, 0.3) is 5.89 Å². The minimum absolute atomic E-state index is 0.0867. The monoisotopic (exact) mass is 311 g/mol. The minimum atomic E-state index is -0.885. The van der Waals surface area contributed by atoms with Gasteiger partial charge in [-0.25, -0.2) is 0 Å². The van der Waals surface area contributed by atoms with Crippen molar-refractivity contribution in [3.63, 3.8) is 0 Å². The summed E-state index contributed by atoms with van der Waals surface area (Å²) in [7, 11) is 0. The van der Waals surface area contributed by atoms with Crippen LogP contribution in [0.2, 0.25) is 0 Å². The van der Waals surface area contributed by atoms with E-state index in [2.05, 4.69) is 10.1 Å². The second kappa shape index (κ2) is 5.72. The molecule has 0 atom stereocenters. The summed E-state index contributed by atoms with van der Waals surface area (Å²) in [5.74, 6) is 0.0255. The van der Waals surface area contributed by atoms with E-state index in [1.807, 2.05) is 51.1 Å². The van der Waals surface area contributed by atoms with Gasteiger partial charge in [0.2, 0.25) is 5.82 Å². The lowest BCUT2D eigenvalue weighted by Gasteiger charge is -2.05. The first-order valence-corrected chi connectivity index (χ1v) is 7.25. The Labute approximate surface area is 133 Å². The Balaban J connectivity index is 1.97. The number of aryl methyl sites for hydroxylation is 2. The summed E-state index contributed by atoms with van der Waals surface area (Å²) in [6.07, 6.45) is 0. The van der Waals surface area contributed by atoms with Crippen molar-refractivity contribution in [3.8, 4) is 22.8 Å². The molecule has 0 fully saturated rings. The molecule has 2 aromatic heterocycles. The highest BCUT2D eigenvalue weighted by molar-refractivity contribution is 5.68. The zero-order valence-electron chi connectivity index (χ0n) is 13.2. The molecule has 3 aromatic rings. The molecule has 6 nitrogen and oxygen atoms in total. The van der Waals surface area contributed by atoms with Gasteiger partial charge in [0.05, 0.1) is 5.56 Å². The Bertz CT molecular complexity index is 860. The lowest BCUT2D eigenvalue weighted by Crippen LogP contribution is -2.11. The Morgan fingerprint density at radius 1 is 1.22 bits per heavy atom. The summed E-state index contributed by atoms with van der Waals surface area (Å²) < 4.78 is 7.08. The number of hydrogen-bond donors (Lipinski definition) is 1. The van der Waals surface area contributed by atoms with Crippen molar-refractivity contribution in [3.05, 3.63) is 47.3 Å². The standard InChI is InChI=1S/C17H17N3O3/c1-10-4-6-13(7-5-10)16-18-17(23-19-16)14-8-11(2)20(12(14)3)9-15(21)22/h4-8H,9H2,1-3H3,(H,21,22). The van der Waals surface area contributed by atoms with Crippen LogP contribution in [-0.4, -0.2) is 25.8 Å². The molecule has 1 aromatic carbocycles. The maximum Gasteiger partial charge on any atom is 0.323 e. The molecular formula is C17H17N3O3. The number of carbonyl (C=O) groups is 1. The van der Waals surface area contributed by atoms with Crippen LogP contribution in [0.25, 0.3) is 22.8 Å². The lowest BCUT2D eigenvalue weighted by atomic mass is 10.1. The van der Waals surface area contributed by atoms with Crippen LogP contribution in [0.1, 0.15) is 17.0 Å². The number of rotatable bonds is 4. The molecule has 6 heteroatoms. The van der Waals surface area contributed by atoms with Crippen molar-refractivity contribution in [2.45, 2.75) is 27.3 Å². The van der Waals surface area contributed by atoms with Crippen LogP contribution in [0.5, 0.6) is 0 Å². The van der Waals surface area contributed by atoms with Gasteiger partial charge in [0, 0.05) is 17.0 Å². The molecular weight excluding hydrogens is 294 g/mol. The predicted octanol–water partition coefficient (Wildman–Crippen LogP) is 3.21. The van der Waals surface area contributed by atoms with Gasteiger partial charge < -0.3 is 14.2 Å². The van der Waals surface area contributed by atoms with Crippen molar-refractivity contribution in [2.75, 3.05) is 0 Å². The summed E-state index contributed by atoms with van der Waals surface area (Å²) in [5.41, 5.74) is 4.44. The maximum atomic E-state index is 11.0. The number of aromatic nitrogens is 3. The zero-order valence-corrected chi connectivity index (χ0v) is 13.2. The molecule has 1 N–H and O–H groups in total. The molecule has 0 bridgehead atoms. The average Bonchev–Trinajstić information content (AvgIpc) is 3.08. The second-order valence-corrected chi connectivity index (χ2v) is 5.55. The van der Waals surface area contributed by atoms with Crippen LogP contribution in [0.4, 0.5) is 0 Å². The topological polar surface area (TPSA) is 81.2 Å². The molecule has 0 spiro atoms. The van der Waals surface area contributed by atoms with Crippen molar-refractivity contribution in [1.29, 1.82) is 0 Å². The van der Waals surface area contributed by atoms with Crippen LogP contribution < -0.4 is 0 Å². The molecule has 2 heterocycles. The second-order valence-electron chi connectivity index (χ2n) is 5.55. The molecule has 0 amide bonds. The summed E-state index contributed by atoms with van der Waals surface area (Å²) in [6, 6.07) is 9.73. The molecule has 118 valence electrons. The van der Waals surface area contributed by atoms with E-state index in [1.165, 1.54) is 0 Å². The number of benzene rings is 1. The normalized spacial score (nSPS) is 10.9. The van der Waals surface area contributed by atoms with Crippen molar-refractivity contribution in [1.82, 2.24) is 14.7 Å². The van der Waals surface area contributed by atoms with Gasteiger partial charge in [-0.15, -0.1) is 0 Å². The molecule has 0 saturated heterocycles. The fourth-order valence-electron chi connectivity index (χ4n) is 2.55. The van der Waals surface area contributed by atoms with E-state index in [4.69, 9.17) is 9.63 Å². The number of carboxylic acid groups (broad SMARTS) is 1. The molecule has 0 unspecified atom stereocenters.